The van der Waals surface area contributed by atoms with Crippen LogP contribution < -0.4 is 0 Å². The van der Waals surface area contributed by atoms with Crippen molar-refractivity contribution < 1.29 is 15.0 Å². The quantitative estimate of drug-likeness (QED) is 0.903. The third-order valence-electron chi connectivity index (χ3n) is 2.79. The topological polar surface area (TPSA) is 75.4 Å². The molecule has 5 nitrogen and oxygen atoms in total. The van der Waals surface area contributed by atoms with Crippen molar-refractivity contribution in [1.29, 1.82) is 0 Å². The molecule has 0 saturated carbocycles. The number of hydrogen-bond donors (Lipinski definition) is 2. The number of carbonyl (C=O) groups is 1. The van der Waals surface area contributed by atoms with Crippen LogP contribution in [0.25, 0.3) is 5.69 Å². The SMILES string of the molecule is Cc1cccc(-n2cc(CCO)c(C(=O)O)n2)c1Br. The number of halogens is 1. The fourth-order valence-corrected chi connectivity index (χ4v) is 2.27. The van der Waals surface area contributed by atoms with Gasteiger partial charge in [-0.05, 0) is 40.9 Å². The molecule has 0 amide bonds. The molecule has 1 aromatic carbocycles. The van der Waals surface area contributed by atoms with E-state index in [1.807, 2.05) is 25.1 Å². The minimum atomic E-state index is -1.09. The van der Waals surface area contributed by atoms with Gasteiger partial charge in [0.1, 0.15) is 0 Å². The molecule has 0 aliphatic carbocycles. The number of nitrogens with zero attached hydrogens (tertiary/aromatic N) is 2. The molecule has 2 rings (SSSR count). The molecule has 1 heterocycles. The number of aromatic carboxylic acids is 1. The zero-order valence-electron chi connectivity index (χ0n) is 10.3. The highest BCUT2D eigenvalue weighted by Gasteiger charge is 2.17. The molecule has 0 saturated heterocycles. The maximum Gasteiger partial charge on any atom is 0.356 e. The molecule has 0 aliphatic heterocycles. The summed E-state index contributed by atoms with van der Waals surface area (Å²) < 4.78 is 2.39. The minimum absolute atomic E-state index is 0.0255. The normalized spacial score (nSPS) is 10.7. The molecule has 0 bridgehead atoms. The largest absolute Gasteiger partial charge is 0.476 e. The molecule has 19 heavy (non-hydrogen) atoms. The minimum Gasteiger partial charge on any atom is -0.476 e. The highest BCUT2D eigenvalue weighted by Crippen LogP contribution is 2.25. The van der Waals surface area contributed by atoms with Crippen LogP contribution in [0.2, 0.25) is 0 Å². The Kier molecular flexibility index (Phi) is 4.01. The van der Waals surface area contributed by atoms with E-state index in [0.29, 0.717) is 5.56 Å². The van der Waals surface area contributed by atoms with E-state index in [1.165, 1.54) is 4.68 Å². The number of carboxylic acids is 1. The van der Waals surface area contributed by atoms with Crippen LogP contribution in [0.3, 0.4) is 0 Å². The molecular formula is C13H13BrN2O3. The number of hydrogen-bond acceptors (Lipinski definition) is 3. The molecule has 2 N–H and O–H groups in total. The molecule has 100 valence electrons. The third kappa shape index (κ3) is 2.69. The van der Waals surface area contributed by atoms with Gasteiger partial charge < -0.3 is 10.2 Å². The molecule has 0 atom stereocenters. The van der Waals surface area contributed by atoms with Crippen LogP contribution >= 0.6 is 15.9 Å². The van der Waals surface area contributed by atoms with Gasteiger partial charge in [-0.15, -0.1) is 0 Å². The number of aromatic nitrogens is 2. The van der Waals surface area contributed by atoms with Gasteiger partial charge in [0.25, 0.3) is 0 Å². The molecule has 0 radical (unpaired) electrons. The van der Waals surface area contributed by atoms with E-state index in [-0.39, 0.29) is 18.7 Å². The van der Waals surface area contributed by atoms with Crippen LogP contribution in [0.1, 0.15) is 21.6 Å². The molecule has 2 aromatic rings. The number of aryl methyl sites for hydroxylation is 1. The summed E-state index contributed by atoms with van der Waals surface area (Å²) in [5, 5.41) is 22.1. The van der Waals surface area contributed by atoms with Gasteiger partial charge in [0, 0.05) is 22.8 Å². The summed E-state index contributed by atoms with van der Waals surface area (Å²) in [7, 11) is 0. The van der Waals surface area contributed by atoms with E-state index in [2.05, 4.69) is 21.0 Å². The Morgan fingerprint density at radius 3 is 2.84 bits per heavy atom. The maximum absolute atomic E-state index is 11.1. The first-order valence-electron chi connectivity index (χ1n) is 5.72. The Morgan fingerprint density at radius 1 is 1.47 bits per heavy atom. The molecular weight excluding hydrogens is 312 g/mol. The Labute approximate surface area is 118 Å². The van der Waals surface area contributed by atoms with Gasteiger partial charge in [-0.2, -0.15) is 5.10 Å². The van der Waals surface area contributed by atoms with Crippen molar-refractivity contribution in [2.75, 3.05) is 6.61 Å². The lowest BCUT2D eigenvalue weighted by atomic mass is 10.2. The van der Waals surface area contributed by atoms with E-state index in [9.17, 15) is 4.79 Å². The van der Waals surface area contributed by atoms with Crippen molar-refractivity contribution in [2.45, 2.75) is 13.3 Å². The average molecular weight is 325 g/mol. The first-order chi connectivity index (χ1) is 9.04. The highest BCUT2D eigenvalue weighted by molar-refractivity contribution is 9.10. The summed E-state index contributed by atoms with van der Waals surface area (Å²) >= 11 is 3.47. The van der Waals surface area contributed by atoms with Gasteiger partial charge in [0.05, 0.1) is 5.69 Å². The van der Waals surface area contributed by atoms with Crippen molar-refractivity contribution in [2.24, 2.45) is 0 Å². The predicted molar refractivity (Wildman–Crippen MR) is 73.8 cm³/mol. The first-order valence-corrected chi connectivity index (χ1v) is 6.52. The zero-order valence-corrected chi connectivity index (χ0v) is 11.9. The van der Waals surface area contributed by atoms with Gasteiger partial charge in [-0.1, -0.05) is 12.1 Å². The van der Waals surface area contributed by atoms with Crippen LogP contribution in [0.5, 0.6) is 0 Å². The lowest BCUT2D eigenvalue weighted by molar-refractivity contribution is 0.0688. The summed E-state index contributed by atoms with van der Waals surface area (Å²) in [5.41, 5.74) is 2.30. The van der Waals surface area contributed by atoms with Crippen molar-refractivity contribution >= 4 is 21.9 Å². The number of rotatable bonds is 4. The standard InChI is InChI=1S/C13H13BrN2O3/c1-8-3-2-4-10(11(8)14)16-7-9(5-6-17)12(15-16)13(18)19/h2-4,7,17H,5-6H2,1H3,(H,18,19). The molecule has 0 fully saturated rings. The molecule has 1 aromatic heterocycles. The fourth-order valence-electron chi connectivity index (χ4n) is 1.83. The monoisotopic (exact) mass is 324 g/mol. The van der Waals surface area contributed by atoms with E-state index in [1.54, 1.807) is 6.20 Å². The maximum atomic E-state index is 11.1. The second-order valence-electron chi connectivity index (χ2n) is 4.13. The van der Waals surface area contributed by atoms with E-state index in [4.69, 9.17) is 10.2 Å². The molecule has 0 unspecified atom stereocenters. The third-order valence-corrected chi connectivity index (χ3v) is 3.82. The van der Waals surface area contributed by atoms with Gasteiger partial charge in [0.15, 0.2) is 5.69 Å². The smallest absolute Gasteiger partial charge is 0.356 e. The summed E-state index contributed by atoms with van der Waals surface area (Å²) in [5.74, 6) is -1.09. The zero-order chi connectivity index (χ0) is 14.0. The Morgan fingerprint density at radius 2 is 2.21 bits per heavy atom. The predicted octanol–water partition coefficient (Wildman–Crippen LogP) is 2.18. The Balaban J connectivity index is 2.54. The summed E-state index contributed by atoms with van der Waals surface area (Å²) in [4.78, 5) is 11.1. The van der Waals surface area contributed by atoms with Crippen LogP contribution in [0.15, 0.2) is 28.9 Å². The van der Waals surface area contributed by atoms with Gasteiger partial charge >= 0.3 is 5.97 Å². The summed E-state index contributed by atoms with van der Waals surface area (Å²) in [6, 6.07) is 5.67. The molecule has 0 spiro atoms. The lowest BCUT2D eigenvalue weighted by Crippen LogP contribution is -2.04. The van der Waals surface area contributed by atoms with Crippen LogP contribution in [0.4, 0.5) is 0 Å². The number of carboxylic acid groups (broad SMARTS) is 1. The van der Waals surface area contributed by atoms with Gasteiger partial charge in [-0.3, -0.25) is 0 Å². The molecule has 6 heteroatoms. The summed E-state index contributed by atoms with van der Waals surface area (Å²) in [6.45, 7) is 1.84. The van der Waals surface area contributed by atoms with E-state index >= 15 is 0 Å². The second kappa shape index (κ2) is 5.54. The van der Waals surface area contributed by atoms with Gasteiger partial charge in [-0.25, -0.2) is 9.48 Å². The van der Waals surface area contributed by atoms with Crippen molar-refractivity contribution in [1.82, 2.24) is 9.78 Å². The van der Waals surface area contributed by atoms with Crippen molar-refractivity contribution in [3.8, 4) is 5.69 Å². The Hall–Kier alpha value is -1.66. The average Bonchev–Trinajstić information content (AvgIpc) is 2.77. The number of aliphatic hydroxyl groups is 1. The van der Waals surface area contributed by atoms with Crippen LogP contribution in [-0.2, 0) is 6.42 Å². The van der Waals surface area contributed by atoms with Gasteiger partial charge in [0.2, 0.25) is 0 Å². The number of benzene rings is 1. The first kappa shape index (κ1) is 13.8. The molecule has 0 aliphatic rings. The van der Waals surface area contributed by atoms with Crippen LogP contribution in [-0.4, -0.2) is 32.6 Å². The fraction of sp³-hybridized carbons (Fsp3) is 0.231. The number of aliphatic hydroxyl groups excluding tert-OH is 1. The Bertz CT molecular complexity index is 622. The van der Waals surface area contributed by atoms with E-state index in [0.717, 1.165) is 15.7 Å². The van der Waals surface area contributed by atoms with Crippen molar-refractivity contribution in [3.05, 3.63) is 45.7 Å². The van der Waals surface area contributed by atoms with E-state index < -0.39 is 5.97 Å². The lowest BCUT2D eigenvalue weighted by Gasteiger charge is -2.06. The second-order valence-corrected chi connectivity index (χ2v) is 4.93. The van der Waals surface area contributed by atoms with Crippen molar-refractivity contribution in [3.63, 3.8) is 0 Å². The summed E-state index contributed by atoms with van der Waals surface area (Å²) in [6.07, 6.45) is 1.91. The van der Waals surface area contributed by atoms with Crippen LogP contribution in [0, 0.1) is 6.92 Å². The highest BCUT2D eigenvalue weighted by atomic mass is 79.9.